The number of ether oxygens (including phenoxy) is 1. The number of methoxy groups -OCH3 is 1. The molecule has 2 heteroatoms. The minimum Gasteiger partial charge on any atom is -0.495 e. The van der Waals surface area contributed by atoms with E-state index in [9.17, 15) is 0 Å². The van der Waals surface area contributed by atoms with Crippen LogP contribution in [0, 0.1) is 0 Å². The molecule has 0 unspecified atom stereocenters. The third-order valence-electron chi connectivity index (χ3n) is 4.50. The van der Waals surface area contributed by atoms with Crippen molar-refractivity contribution in [2.75, 3.05) is 7.11 Å². The number of hydrogen-bond donors (Lipinski definition) is 1. The molecular formula is C16H21NO. The second-order valence-corrected chi connectivity index (χ2v) is 5.71. The molecule has 0 spiro atoms. The lowest BCUT2D eigenvalue weighted by atomic mass is 9.71. The Labute approximate surface area is 108 Å². The SMILES string of the molecule is COc1cccc2c(C3(C)CCCCC3)c[nH]c12. The van der Waals surface area contributed by atoms with Crippen LogP contribution in [-0.4, -0.2) is 12.1 Å². The van der Waals surface area contributed by atoms with Crippen molar-refractivity contribution in [1.82, 2.24) is 4.98 Å². The number of nitrogens with one attached hydrogen (secondary N) is 1. The number of hydrogen-bond acceptors (Lipinski definition) is 1. The number of H-pyrrole nitrogens is 1. The number of fused-ring (bicyclic) bond motifs is 1. The number of para-hydroxylation sites is 1. The van der Waals surface area contributed by atoms with Crippen LogP contribution in [0.5, 0.6) is 5.75 Å². The molecule has 0 radical (unpaired) electrons. The van der Waals surface area contributed by atoms with Crippen LogP contribution in [0.3, 0.4) is 0 Å². The normalized spacial score (nSPS) is 19.0. The molecule has 0 atom stereocenters. The van der Waals surface area contributed by atoms with Gasteiger partial charge in [-0.25, -0.2) is 0 Å². The molecule has 1 aliphatic rings. The fourth-order valence-corrected chi connectivity index (χ4v) is 3.40. The van der Waals surface area contributed by atoms with Gasteiger partial charge in [-0.05, 0) is 29.9 Å². The third kappa shape index (κ3) is 1.71. The Morgan fingerprint density at radius 2 is 1.94 bits per heavy atom. The quantitative estimate of drug-likeness (QED) is 0.831. The summed E-state index contributed by atoms with van der Waals surface area (Å²) in [7, 11) is 1.73. The highest BCUT2D eigenvalue weighted by atomic mass is 16.5. The van der Waals surface area contributed by atoms with Gasteiger partial charge >= 0.3 is 0 Å². The van der Waals surface area contributed by atoms with Crippen LogP contribution in [0.2, 0.25) is 0 Å². The van der Waals surface area contributed by atoms with Crippen molar-refractivity contribution in [3.63, 3.8) is 0 Å². The summed E-state index contributed by atoms with van der Waals surface area (Å²) in [5.74, 6) is 0.943. The predicted molar refractivity (Wildman–Crippen MR) is 75.3 cm³/mol. The molecule has 2 nitrogen and oxygen atoms in total. The van der Waals surface area contributed by atoms with E-state index in [0.717, 1.165) is 11.3 Å². The van der Waals surface area contributed by atoms with Gasteiger partial charge < -0.3 is 9.72 Å². The van der Waals surface area contributed by atoms with Crippen LogP contribution in [0.15, 0.2) is 24.4 Å². The zero-order valence-corrected chi connectivity index (χ0v) is 11.3. The summed E-state index contributed by atoms with van der Waals surface area (Å²) < 4.78 is 5.43. The van der Waals surface area contributed by atoms with Crippen LogP contribution >= 0.6 is 0 Å². The van der Waals surface area contributed by atoms with E-state index in [4.69, 9.17) is 4.74 Å². The van der Waals surface area contributed by atoms with Gasteiger partial charge in [-0.2, -0.15) is 0 Å². The van der Waals surface area contributed by atoms with Crippen molar-refractivity contribution >= 4 is 10.9 Å². The Balaban J connectivity index is 2.12. The Morgan fingerprint density at radius 1 is 1.17 bits per heavy atom. The number of benzene rings is 1. The van der Waals surface area contributed by atoms with E-state index in [-0.39, 0.29) is 0 Å². The molecule has 1 aliphatic carbocycles. The van der Waals surface area contributed by atoms with Gasteiger partial charge in [0.2, 0.25) is 0 Å². The highest BCUT2D eigenvalue weighted by Gasteiger charge is 2.31. The predicted octanol–water partition coefficient (Wildman–Crippen LogP) is 4.40. The first-order valence-electron chi connectivity index (χ1n) is 6.89. The first kappa shape index (κ1) is 11.6. The molecule has 3 rings (SSSR count). The topological polar surface area (TPSA) is 25.0 Å². The average Bonchev–Trinajstić information content (AvgIpc) is 2.84. The van der Waals surface area contributed by atoms with Gasteiger partial charge in [0.25, 0.3) is 0 Å². The molecule has 1 aromatic carbocycles. The van der Waals surface area contributed by atoms with E-state index in [1.165, 1.54) is 43.1 Å². The summed E-state index contributed by atoms with van der Waals surface area (Å²) in [6, 6.07) is 6.32. The van der Waals surface area contributed by atoms with E-state index in [1.54, 1.807) is 7.11 Å². The van der Waals surface area contributed by atoms with Crippen molar-refractivity contribution in [3.8, 4) is 5.75 Å². The standard InChI is InChI=1S/C16H21NO/c1-16(9-4-3-5-10-16)13-11-17-15-12(13)7-6-8-14(15)18-2/h6-8,11,17H,3-5,9-10H2,1-2H3. The molecule has 0 bridgehead atoms. The van der Waals surface area contributed by atoms with E-state index in [2.05, 4.69) is 30.2 Å². The molecule has 96 valence electrons. The maximum Gasteiger partial charge on any atom is 0.142 e. The molecule has 18 heavy (non-hydrogen) atoms. The molecule has 1 aromatic heterocycles. The fraction of sp³-hybridized carbons (Fsp3) is 0.500. The van der Waals surface area contributed by atoms with Crippen molar-refractivity contribution in [3.05, 3.63) is 30.0 Å². The molecule has 0 aliphatic heterocycles. The van der Waals surface area contributed by atoms with Crippen molar-refractivity contribution in [2.45, 2.75) is 44.4 Å². The smallest absolute Gasteiger partial charge is 0.142 e. The fourth-order valence-electron chi connectivity index (χ4n) is 3.40. The maximum atomic E-state index is 5.43. The lowest BCUT2D eigenvalue weighted by molar-refractivity contribution is 0.322. The van der Waals surface area contributed by atoms with Crippen LogP contribution in [0.1, 0.15) is 44.6 Å². The number of aromatic amines is 1. The molecule has 1 fully saturated rings. The molecule has 2 aromatic rings. The lowest BCUT2D eigenvalue weighted by Gasteiger charge is -2.33. The number of aromatic nitrogens is 1. The van der Waals surface area contributed by atoms with Crippen LogP contribution < -0.4 is 4.74 Å². The minimum atomic E-state index is 0.336. The Bertz CT molecular complexity index is 549. The first-order valence-corrected chi connectivity index (χ1v) is 6.89. The van der Waals surface area contributed by atoms with Crippen molar-refractivity contribution in [2.24, 2.45) is 0 Å². The van der Waals surface area contributed by atoms with E-state index in [1.807, 2.05) is 6.07 Å². The summed E-state index contributed by atoms with van der Waals surface area (Å²) in [5, 5.41) is 1.33. The second kappa shape index (κ2) is 4.34. The van der Waals surface area contributed by atoms with Gasteiger partial charge in [0.15, 0.2) is 0 Å². The highest BCUT2D eigenvalue weighted by Crippen LogP contribution is 2.43. The maximum absolute atomic E-state index is 5.43. The third-order valence-corrected chi connectivity index (χ3v) is 4.50. The average molecular weight is 243 g/mol. The highest BCUT2D eigenvalue weighted by molar-refractivity contribution is 5.89. The van der Waals surface area contributed by atoms with Gasteiger partial charge in [-0.15, -0.1) is 0 Å². The zero-order valence-electron chi connectivity index (χ0n) is 11.3. The Kier molecular flexibility index (Phi) is 2.81. The number of rotatable bonds is 2. The van der Waals surface area contributed by atoms with Crippen molar-refractivity contribution < 1.29 is 4.74 Å². The van der Waals surface area contributed by atoms with E-state index in [0.29, 0.717) is 5.41 Å². The van der Waals surface area contributed by atoms with Crippen LogP contribution in [-0.2, 0) is 5.41 Å². The van der Waals surface area contributed by atoms with Crippen LogP contribution in [0.4, 0.5) is 0 Å². The largest absolute Gasteiger partial charge is 0.495 e. The summed E-state index contributed by atoms with van der Waals surface area (Å²) in [6.07, 6.45) is 8.90. The van der Waals surface area contributed by atoms with Gasteiger partial charge in [0.1, 0.15) is 5.75 Å². The molecule has 1 saturated carbocycles. The van der Waals surface area contributed by atoms with Crippen molar-refractivity contribution in [1.29, 1.82) is 0 Å². The van der Waals surface area contributed by atoms with E-state index < -0.39 is 0 Å². The molecular weight excluding hydrogens is 222 g/mol. The van der Waals surface area contributed by atoms with E-state index >= 15 is 0 Å². The molecule has 0 saturated heterocycles. The minimum absolute atomic E-state index is 0.336. The van der Waals surface area contributed by atoms with Gasteiger partial charge in [-0.3, -0.25) is 0 Å². The lowest BCUT2D eigenvalue weighted by Crippen LogP contribution is -2.24. The zero-order chi connectivity index (χ0) is 12.6. The molecule has 1 heterocycles. The Hall–Kier alpha value is -1.44. The Morgan fingerprint density at radius 3 is 2.67 bits per heavy atom. The second-order valence-electron chi connectivity index (χ2n) is 5.71. The van der Waals surface area contributed by atoms with Gasteiger partial charge in [0.05, 0.1) is 12.6 Å². The monoisotopic (exact) mass is 243 g/mol. The molecule has 0 amide bonds. The molecule has 1 N–H and O–H groups in total. The van der Waals surface area contributed by atoms with Crippen LogP contribution in [0.25, 0.3) is 10.9 Å². The summed E-state index contributed by atoms with van der Waals surface area (Å²) in [6.45, 7) is 2.41. The summed E-state index contributed by atoms with van der Waals surface area (Å²) >= 11 is 0. The van der Waals surface area contributed by atoms with Gasteiger partial charge in [-0.1, -0.05) is 38.3 Å². The van der Waals surface area contributed by atoms with Gasteiger partial charge in [0, 0.05) is 11.6 Å². The summed E-state index contributed by atoms with van der Waals surface area (Å²) in [5.41, 5.74) is 2.95. The first-order chi connectivity index (χ1) is 8.74. The summed E-state index contributed by atoms with van der Waals surface area (Å²) in [4.78, 5) is 3.41.